The summed E-state index contributed by atoms with van der Waals surface area (Å²) in [6.07, 6.45) is 15.4. The van der Waals surface area contributed by atoms with Crippen molar-refractivity contribution >= 4 is 46.1 Å². The molecular weight excluding hydrogens is 1120 g/mol. The van der Waals surface area contributed by atoms with E-state index in [0.29, 0.717) is 17.6 Å². The first kappa shape index (κ1) is 70.2. The molecule has 0 saturated carbocycles. The van der Waals surface area contributed by atoms with Crippen molar-refractivity contribution in [2.75, 3.05) is 57.4 Å². The topological polar surface area (TPSA) is 104 Å². The van der Waals surface area contributed by atoms with E-state index in [2.05, 4.69) is 275 Å². The molecule has 0 amide bonds. The van der Waals surface area contributed by atoms with Gasteiger partial charge >= 0.3 is 11.9 Å². The molecule has 0 aliphatic carbocycles. The SMILES string of the molecule is C=C(C)C(=O)OC.CO/C([O-])=C(/C)CC1N(c2c(C)cc(C)cc2C)C=CN1c1c(C)cc(C)cc1C.COC(=O)C(C)C=C1N(c2c(C)cc(C)cc2C)C=CN1c1c(C)cc(C)cc1C.Cc1cc(C)c(N2C=CN(c3c(C)cc(C)cc3C)C2)c(C)c1. The molecular formula is C78H99N6O6-. The minimum absolute atomic E-state index is 0.0377. The first-order valence-electron chi connectivity index (χ1n) is 31.0. The largest absolute Gasteiger partial charge is 0.617 e. The normalized spacial score (nSPS) is 14.0. The van der Waals surface area contributed by atoms with E-state index in [4.69, 9.17) is 9.47 Å². The van der Waals surface area contributed by atoms with E-state index in [0.717, 1.165) is 23.9 Å². The zero-order valence-corrected chi connectivity index (χ0v) is 58.4. The maximum atomic E-state index is 12.2. The van der Waals surface area contributed by atoms with Crippen molar-refractivity contribution in [2.45, 2.75) is 158 Å². The fraction of sp³-hybridized carbons (Fsp3) is 0.359. The Morgan fingerprint density at radius 3 is 1.00 bits per heavy atom. The second kappa shape index (κ2) is 30.1. The summed E-state index contributed by atoms with van der Waals surface area (Å²) in [7, 11) is 4.20. The van der Waals surface area contributed by atoms with Crippen LogP contribution in [0, 0.1) is 131 Å². The Labute approximate surface area is 539 Å². The van der Waals surface area contributed by atoms with Crippen LogP contribution in [0.25, 0.3) is 0 Å². The highest BCUT2D eigenvalue weighted by atomic mass is 16.6. The number of benzene rings is 6. The van der Waals surface area contributed by atoms with Crippen molar-refractivity contribution in [1.29, 1.82) is 0 Å². The van der Waals surface area contributed by atoms with Crippen LogP contribution in [0.2, 0.25) is 0 Å². The molecule has 0 aromatic heterocycles. The van der Waals surface area contributed by atoms with Gasteiger partial charge in [0, 0.05) is 77.9 Å². The van der Waals surface area contributed by atoms with Gasteiger partial charge in [0.2, 0.25) is 0 Å². The summed E-state index contributed by atoms with van der Waals surface area (Å²) >= 11 is 0. The minimum atomic E-state index is -0.368. The Kier molecular flexibility index (Phi) is 23.5. The van der Waals surface area contributed by atoms with Crippen LogP contribution in [-0.4, -0.2) is 46.1 Å². The fourth-order valence-corrected chi connectivity index (χ4v) is 13.5. The summed E-state index contributed by atoms with van der Waals surface area (Å²) in [6, 6.07) is 26.7. The zero-order valence-electron chi connectivity index (χ0n) is 58.4. The van der Waals surface area contributed by atoms with Crippen molar-refractivity contribution in [3.63, 3.8) is 0 Å². The Morgan fingerprint density at radius 2 is 0.744 bits per heavy atom. The van der Waals surface area contributed by atoms with Crippen molar-refractivity contribution < 1.29 is 28.9 Å². The Morgan fingerprint density at radius 1 is 0.456 bits per heavy atom. The maximum Gasteiger partial charge on any atom is 0.332 e. The summed E-state index contributed by atoms with van der Waals surface area (Å²) in [5.41, 5.74) is 31.2. The zero-order chi connectivity index (χ0) is 66.9. The molecule has 0 bridgehead atoms. The smallest absolute Gasteiger partial charge is 0.332 e. The lowest BCUT2D eigenvalue weighted by Gasteiger charge is -2.36. The number of carbonyl (C=O) groups is 2. The Hall–Kier alpha value is -8.90. The van der Waals surface area contributed by atoms with Gasteiger partial charge in [-0.2, -0.15) is 0 Å². The van der Waals surface area contributed by atoms with E-state index in [1.807, 2.05) is 19.9 Å². The van der Waals surface area contributed by atoms with Gasteiger partial charge in [0.1, 0.15) is 12.0 Å². The van der Waals surface area contributed by atoms with Gasteiger partial charge in [0.15, 0.2) is 0 Å². The third-order valence-electron chi connectivity index (χ3n) is 16.5. The van der Waals surface area contributed by atoms with E-state index in [1.54, 1.807) is 6.92 Å². The highest BCUT2D eigenvalue weighted by Gasteiger charge is 2.33. The van der Waals surface area contributed by atoms with Gasteiger partial charge in [-0.1, -0.05) is 113 Å². The summed E-state index contributed by atoms with van der Waals surface area (Å²) in [5, 5.41) is 12.2. The average Bonchev–Trinajstić information content (AvgIpc) is 1.68. The lowest BCUT2D eigenvalue weighted by atomic mass is 10.0. The molecule has 12 nitrogen and oxygen atoms in total. The number of carbonyl (C=O) groups excluding carboxylic acids is 2. The number of rotatable bonds is 12. The number of nitrogens with zero attached hydrogens (tertiary/aromatic N) is 6. The molecule has 6 aromatic carbocycles. The van der Waals surface area contributed by atoms with Crippen LogP contribution >= 0.6 is 0 Å². The number of hydrogen-bond acceptors (Lipinski definition) is 12. The number of hydrogen-bond donors (Lipinski definition) is 0. The number of esters is 2. The van der Waals surface area contributed by atoms with Crippen LogP contribution in [0.1, 0.15) is 127 Å². The van der Waals surface area contributed by atoms with Gasteiger partial charge in [-0.25, -0.2) is 4.79 Å². The standard InChI is InChI=1S/C26H34N2O2.C26H32N2O2.C21H26N2.C5H8O2/c2*1-16-11-18(3)24(19(4)12-16)27-9-10-28(23(27)15-22(7)26(29)30-8)25-20(5)13-17(2)14-21(25)6;1-14-9-16(3)20(17(4)10-14)22-7-8-23(13-22)21-18(5)11-15(2)12-19(21)6;1-4(2)5(6)7-3/h9-14,23,29H,15H2,1-8H3;9-15,22H,1-8H3;7-12H,13H2,1-6H3;1H2,2-3H3/p-1/b26-22-;;;. The lowest BCUT2D eigenvalue weighted by molar-refractivity contribution is -0.355. The molecule has 0 radical (unpaired) electrons. The molecule has 3 aliphatic rings. The van der Waals surface area contributed by atoms with Gasteiger partial charge in [0.05, 0.1) is 38.2 Å². The molecule has 6 aromatic rings. The van der Waals surface area contributed by atoms with Gasteiger partial charge < -0.3 is 48.7 Å². The molecule has 1 atom stereocenters. The van der Waals surface area contributed by atoms with Crippen molar-refractivity contribution in [3.05, 3.63) is 246 Å². The number of anilines is 6. The monoisotopic (exact) mass is 1220 g/mol. The Balaban J connectivity index is 0.000000205. The quantitative estimate of drug-likeness (QED) is 0.0662. The van der Waals surface area contributed by atoms with Crippen LogP contribution in [0.3, 0.4) is 0 Å². The molecule has 1 unspecified atom stereocenters. The molecule has 12 heteroatoms. The van der Waals surface area contributed by atoms with E-state index < -0.39 is 0 Å². The van der Waals surface area contributed by atoms with Crippen molar-refractivity contribution in [2.24, 2.45) is 5.92 Å². The predicted octanol–water partition coefficient (Wildman–Crippen LogP) is 17.3. The van der Waals surface area contributed by atoms with Crippen LogP contribution in [0.4, 0.5) is 34.1 Å². The molecule has 3 aliphatic heterocycles. The highest BCUT2D eigenvalue weighted by molar-refractivity contribution is 5.86. The molecule has 0 N–H and O–H groups in total. The highest BCUT2D eigenvalue weighted by Crippen LogP contribution is 2.42. The van der Waals surface area contributed by atoms with Gasteiger partial charge in [0.25, 0.3) is 0 Å². The number of ether oxygens (including phenoxy) is 3. The van der Waals surface area contributed by atoms with Crippen molar-refractivity contribution in [1.82, 2.24) is 0 Å². The first-order chi connectivity index (χ1) is 42.3. The van der Waals surface area contributed by atoms with E-state index in [9.17, 15) is 14.7 Å². The predicted molar refractivity (Wildman–Crippen MR) is 375 cm³/mol. The Bertz CT molecular complexity index is 3500. The number of aryl methyl sites for hydroxylation is 18. The molecule has 0 fully saturated rings. The third kappa shape index (κ3) is 16.3. The minimum Gasteiger partial charge on any atom is -0.617 e. The summed E-state index contributed by atoms with van der Waals surface area (Å²) in [6.45, 7) is 48.3. The fourth-order valence-electron chi connectivity index (χ4n) is 13.5. The van der Waals surface area contributed by atoms with Crippen LogP contribution < -0.4 is 34.5 Å². The first-order valence-corrected chi connectivity index (χ1v) is 31.0. The van der Waals surface area contributed by atoms with Gasteiger partial charge in [-0.15, -0.1) is 0 Å². The van der Waals surface area contributed by atoms with Crippen LogP contribution in [0.5, 0.6) is 0 Å². The van der Waals surface area contributed by atoms with Crippen LogP contribution in [-0.2, 0) is 23.8 Å². The molecule has 0 spiro atoms. The lowest BCUT2D eigenvalue weighted by Crippen LogP contribution is -2.40. The average molecular weight is 1220 g/mol. The second-order valence-corrected chi connectivity index (χ2v) is 25.1. The molecule has 0 saturated heterocycles. The van der Waals surface area contributed by atoms with Gasteiger partial charge in [-0.3, -0.25) is 4.79 Å². The van der Waals surface area contributed by atoms with Crippen molar-refractivity contribution in [3.8, 4) is 0 Å². The van der Waals surface area contributed by atoms with E-state index in [1.165, 1.54) is 144 Å². The van der Waals surface area contributed by atoms with E-state index in [-0.39, 0.29) is 30.0 Å². The third-order valence-corrected chi connectivity index (χ3v) is 16.5. The summed E-state index contributed by atoms with van der Waals surface area (Å²) in [5.74, 6) is -0.273. The molecule has 9 rings (SSSR count). The van der Waals surface area contributed by atoms with E-state index >= 15 is 0 Å². The maximum absolute atomic E-state index is 12.2. The molecule has 478 valence electrons. The van der Waals surface area contributed by atoms with Gasteiger partial charge in [-0.05, 0) is 231 Å². The second-order valence-electron chi connectivity index (χ2n) is 25.1. The molecule has 90 heavy (non-hydrogen) atoms. The number of methoxy groups -OCH3 is 3. The summed E-state index contributed by atoms with van der Waals surface area (Å²) in [4.78, 5) is 36.1. The van der Waals surface area contributed by atoms with Crippen LogP contribution in [0.15, 0.2) is 146 Å². The molecule has 3 heterocycles. The summed E-state index contributed by atoms with van der Waals surface area (Å²) < 4.78 is 14.3.